The third-order valence-electron chi connectivity index (χ3n) is 7.27. The smallest absolute Gasteiger partial charge is 0.328 e. The molecule has 0 spiro atoms. The summed E-state index contributed by atoms with van der Waals surface area (Å²) >= 11 is 13.2. The fourth-order valence-corrected chi connectivity index (χ4v) is 5.94. The first-order valence-electron chi connectivity index (χ1n) is 13.1. The Labute approximate surface area is 245 Å². The fraction of sp³-hybridized carbons (Fsp3) is 0.321. The molecule has 0 radical (unpaired) electrons. The molecule has 2 aromatic heterocycles. The number of carboxylic acids is 1. The molecule has 3 aromatic rings. The van der Waals surface area contributed by atoms with E-state index >= 15 is 0 Å². The average molecular weight is 596 g/mol. The number of likely N-dealkylation sites (tertiary alicyclic amines) is 1. The van der Waals surface area contributed by atoms with E-state index in [0.29, 0.717) is 37.2 Å². The largest absolute Gasteiger partial charge is 0.480 e. The average Bonchev–Trinajstić information content (AvgIpc) is 3.64. The fourth-order valence-electron chi connectivity index (χ4n) is 5.18. The van der Waals surface area contributed by atoms with Gasteiger partial charge in [-0.25, -0.2) is 9.79 Å². The number of nitriles is 1. The number of pyridine rings is 1. The Morgan fingerprint density at radius 3 is 2.61 bits per heavy atom. The number of rotatable bonds is 6. The number of nitrogens with zero attached hydrogens (tertiary/aromatic N) is 5. The first kappa shape index (κ1) is 28.3. The van der Waals surface area contributed by atoms with Crippen LogP contribution in [0.1, 0.15) is 44.7 Å². The second kappa shape index (κ2) is 12.1. The minimum absolute atomic E-state index is 0.0318. The number of carbonyl (C=O) groups excluding carboxylic acids is 2. The molecule has 13 heteroatoms. The van der Waals surface area contributed by atoms with Crippen LogP contribution in [0, 0.1) is 11.5 Å². The van der Waals surface area contributed by atoms with Gasteiger partial charge in [0.25, 0.3) is 11.8 Å². The van der Waals surface area contributed by atoms with Gasteiger partial charge in [-0.1, -0.05) is 29.3 Å². The molecule has 2 aliphatic rings. The van der Waals surface area contributed by atoms with Crippen molar-refractivity contribution in [3.8, 4) is 6.19 Å². The van der Waals surface area contributed by atoms with Crippen molar-refractivity contribution >= 4 is 52.5 Å². The number of halogens is 2. The van der Waals surface area contributed by atoms with Gasteiger partial charge in [0.05, 0.1) is 27.7 Å². The van der Waals surface area contributed by atoms with E-state index in [-0.39, 0.29) is 40.6 Å². The number of benzene rings is 1. The number of aliphatic imine (C=N–C) groups is 1. The molecule has 1 unspecified atom stereocenters. The molecule has 1 aromatic carbocycles. The van der Waals surface area contributed by atoms with Gasteiger partial charge in [-0.2, -0.15) is 5.26 Å². The van der Waals surface area contributed by atoms with Gasteiger partial charge in [-0.05, 0) is 54.7 Å². The highest BCUT2D eigenvalue weighted by Crippen LogP contribution is 2.35. The van der Waals surface area contributed by atoms with E-state index < -0.39 is 17.9 Å². The van der Waals surface area contributed by atoms with E-state index in [1.54, 1.807) is 17.2 Å². The summed E-state index contributed by atoms with van der Waals surface area (Å²) in [5.41, 5.74) is 2.85. The van der Waals surface area contributed by atoms with E-state index in [1.807, 2.05) is 46.0 Å². The van der Waals surface area contributed by atoms with E-state index in [1.165, 1.54) is 0 Å². The molecular formula is C28H27Cl2N7O4. The van der Waals surface area contributed by atoms with Gasteiger partial charge in [0.15, 0.2) is 6.19 Å². The third-order valence-corrected chi connectivity index (χ3v) is 7.99. The van der Waals surface area contributed by atoms with Crippen molar-refractivity contribution in [3.05, 3.63) is 75.0 Å². The molecule has 2 amide bonds. The zero-order chi connectivity index (χ0) is 29.1. The SMILES string of the molecule is N#CNC(=NCC(NC(=O)c1c(Cl)cc2c(c1Cl)CCN(C(=O)c1cc3ccccn3c1)C2)C(=O)O)N1CCCC1. The van der Waals surface area contributed by atoms with Crippen LogP contribution in [-0.2, 0) is 17.8 Å². The Bertz CT molecular complexity index is 1560. The van der Waals surface area contributed by atoms with Crippen molar-refractivity contribution in [3.63, 3.8) is 0 Å². The lowest BCUT2D eigenvalue weighted by Crippen LogP contribution is -2.45. The first-order valence-corrected chi connectivity index (χ1v) is 13.9. The molecule has 212 valence electrons. The summed E-state index contributed by atoms with van der Waals surface area (Å²) in [4.78, 5) is 46.2. The Morgan fingerprint density at radius 1 is 1.12 bits per heavy atom. The quantitative estimate of drug-likeness (QED) is 0.172. The summed E-state index contributed by atoms with van der Waals surface area (Å²) in [5.74, 6) is -1.90. The van der Waals surface area contributed by atoms with Crippen molar-refractivity contribution in [2.45, 2.75) is 31.8 Å². The molecule has 0 saturated carbocycles. The molecule has 4 heterocycles. The van der Waals surface area contributed by atoms with Crippen LogP contribution in [0.25, 0.3) is 5.52 Å². The highest BCUT2D eigenvalue weighted by atomic mass is 35.5. The van der Waals surface area contributed by atoms with E-state index in [4.69, 9.17) is 28.5 Å². The lowest BCUT2D eigenvalue weighted by molar-refractivity contribution is -0.138. The summed E-state index contributed by atoms with van der Waals surface area (Å²) in [6, 6.07) is 7.77. The minimum Gasteiger partial charge on any atom is -0.480 e. The van der Waals surface area contributed by atoms with Gasteiger partial charge in [0, 0.05) is 44.1 Å². The van der Waals surface area contributed by atoms with Gasteiger partial charge in [0.2, 0.25) is 5.96 Å². The lowest BCUT2D eigenvalue weighted by Gasteiger charge is -2.30. The van der Waals surface area contributed by atoms with Crippen LogP contribution in [0.15, 0.2) is 47.7 Å². The topological polar surface area (TPSA) is 143 Å². The molecule has 1 saturated heterocycles. The van der Waals surface area contributed by atoms with Crippen LogP contribution in [0.2, 0.25) is 10.0 Å². The van der Waals surface area contributed by atoms with Crippen LogP contribution in [0.5, 0.6) is 0 Å². The normalized spacial score (nSPS) is 15.8. The van der Waals surface area contributed by atoms with Gasteiger partial charge < -0.3 is 24.6 Å². The van der Waals surface area contributed by atoms with Crippen LogP contribution >= 0.6 is 23.2 Å². The zero-order valence-corrected chi connectivity index (χ0v) is 23.5. The van der Waals surface area contributed by atoms with Crippen LogP contribution in [0.3, 0.4) is 0 Å². The molecule has 0 bridgehead atoms. The number of guanidine groups is 1. The van der Waals surface area contributed by atoms with Crippen LogP contribution in [0.4, 0.5) is 0 Å². The Balaban J connectivity index is 1.32. The van der Waals surface area contributed by atoms with Crippen molar-refractivity contribution < 1.29 is 19.5 Å². The summed E-state index contributed by atoms with van der Waals surface area (Å²) in [5, 5.41) is 23.9. The molecule has 3 N–H and O–H groups in total. The number of carbonyl (C=O) groups is 3. The molecule has 1 fully saturated rings. The molecular weight excluding hydrogens is 569 g/mol. The van der Waals surface area contributed by atoms with E-state index in [9.17, 15) is 19.5 Å². The highest BCUT2D eigenvalue weighted by molar-refractivity contribution is 6.40. The number of carboxylic acid groups (broad SMARTS) is 1. The molecule has 1 atom stereocenters. The maximum Gasteiger partial charge on any atom is 0.328 e. The van der Waals surface area contributed by atoms with Crippen molar-refractivity contribution in [1.82, 2.24) is 24.8 Å². The van der Waals surface area contributed by atoms with E-state index in [2.05, 4.69) is 15.6 Å². The number of amides is 2. The Morgan fingerprint density at radius 2 is 1.90 bits per heavy atom. The van der Waals surface area contributed by atoms with Crippen molar-refractivity contribution in [2.75, 3.05) is 26.2 Å². The Hall–Kier alpha value is -4.27. The molecule has 0 aliphatic carbocycles. The monoisotopic (exact) mass is 595 g/mol. The standard InChI is InChI=1S/C28H27Cl2N7O4/c29-21-12-17-14-37(26(39)18-11-19-5-1-2-9-36(19)15-18)10-6-20(17)24(30)23(21)25(38)34-22(27(40)41)13-32-28(33-16-31)35-7-3-4-8-35/h1-2,5,9,11-12,15,22H,3-4,6-8,10,13-14H2,(H,32,33)(H,34,38)(H,40,41). The van der Waals surface area contributed by atoms with Gasteiger partial charge in [-0.15, -0.1) is 0 Å². The maximum atomic E-state index is 13.2. The number of hydrogen-bond acceptors (Lipinski definition) is 5. The predicted molar refractivity (Wildman–Crippen MR) is 153 cm³/mol. The number of aromatic nitrogens is 1. The number of hydrogen-bond donors (Lipinski definition) is 3. The molecule has 11 nitrogen and oxygen atoms in total. The molecule has 41 heavy (non-hydrogen) atoms. The van der Waals surface area contributed by atoms with Gasteiger partial charge in [-0.3, -0.25) is 14.9 Å². The molecule has 5 rings (SSSR count). The lowest BCUT2D eigenvalue weighted by atomic mass is 9.96. The predicted octanol–water partition coefficient (Wildman–Crippen LogP) is 3.15. The van der Waals surface area contributed by atoms with Crippen molar-refractivity contribution in [2.24, 2.45) is 4.99 Å². The van der Waals surface area contributed by atoms with Crippen LogP contribution < -0.4 is 10.6 Å². The van der Waals surface area contributed by atoms with Gasteiger partial charge >= 0.3 is 5.97 Å². The minimum atomic E-state index is -1.38. The number of fused-ring (bicyclic) bond motifs is 2. The highest BCUT2D eigenvalue weighted by Gasteiger charge is 2.30. The number of nitrogens with one attached hydrogen (secondary N) is 2. The first-order chi connectivity index (χ1) is 19.8. The summed E-state index contributed by atoms with van der Waals surface area (Å²) in [7, 11) is 0. The maximum absolute atomic E-state index is 13.2. The summed E-state index contributed by atoms with van der Waals surface area (Å²) in [6.07, 6.45) is 7.76. The second-order valence-corrected chi connectivity index (χ2v) is 10.7. The summed E-state index contributed by atoms with van der Waals surface area (Å²) in [6.45, 7) is 1.75. The summed E-state index contributed by atoms with van der Waals surface area (Å²) < 4.78 is 1.88. The van der Waals surface area contributed by atoms with Crippen molar-refractivity contribution in [1.29, 1.82) is 5.26 Å². The zero-order valence-electron chi connectivity index (χ0n) is 21.9. The number of aliphatic carboxylic acids is 1. The molecule has 2 aliphatic heterocycles. The second-order valence-electron chi connectivity index (χ2n) is 9.88. The van der Waals surface area contributed by atoms with Crippen LogP contribution in [-0.4, -0.2) is 75.3 Å². The van der Waals surface area contributed by atoms with Gasteiger partial charge in [0.1, 0.15) is 6.04 Å². The Kier molecular flexibility index (Phi) is 8.33. The van der Waals surface area contributed by atoms with E-state index in [0.717, 1.165) is 23.9 Å². The third kappa shape index (κ3) is 5.94.